The molecule has 6 nitrogen and oxygen atoms in total. The molecule has 1 unspecified atom stereocenters. The summed E-state index contributed by atoms with van der Waals surface area (Å²) in [6, 6.07) is 4.98. The Morgan fingerprint density at radius 2 is 2.09 bits per heavy atom. The van der Waals surface area contributed by atoms with E-state index in [4.69, 9.17) is 0 Å². The number of benzene rings is 1. The highest BCUT2D eigenvalue weighted by molar-refractivity contribution is 6.08. The minimum absolute atomic E-state index is 0.0361. The van der Waals surface area contributed by atoms with Gasteiger partial charge in [-0.2, -0.15) is 0 Å². The summed E-state index contributed by atoms with van der Waals surface area (Å²) >= 11 is 0. The van der Waals surface area contributed by atoms with Gasteiger partial charge in [-0.3, -0.25) is 14.4 Å². The minimum Gasteiger partial charge on any atom is -0.344 e. The predicted molar refractivity (Wildman–Crippen MR) is 82.7 cm³/mol. The molecule has 1 aromatic rings. The first kappa shape index (κ1) is 14.6. The van der Waals surface area contributed by atoms with Crippen molar-refractivity contribution < 1.29 is 14.4 Å². The van der Waals surface area contributed by atoms with Gasteiger partial charge in [0.1, 0.15) is 6.04 Å². The van der Waals surface area contributed by atoms with Gasteiger partial charge in [-0.05, 0) is 44.0 Å². The van der Waals surface area contributed by atoms with E-state index in [1.165, 1.54) is 0 Å². The molecule has 0 radical (unpaired) electrons. The van der Waals surface area contributed by atoms with Crippen LogP contribution in [-0.2, 0) is 19.8 Å². The van der Waals surface area contributed by atoms with E-state index in [0.29, 0.717) is 18.5 Å². The van der Waals surface area contributed by atoms with E-state index in [1.807, 2.05) is 26.0 Å². The van der Waals surface area contributed by atoms with Crippen molar-refractivity contribution >= 4 is 29.1 Å². The standard InChI is InChI=1S/C16H19N3O3/c1-16(2)10-8-9(4-6-12(10)19(3)15(16)22)17-14(21)11-5-7-13(20)18-11/h4,6,8,11H,5,7H2,1-3H3,(H,17,21)(H,18,20). The van der Waals surface area contributed by atoms with Crippen LogP contribution in [0.2, 0.25) is 0 Å². The van der Waals surface area contributed by atoms with E-state index in [2.05, 4.69) is 10.6 Å². The SMILES string of the molecule is CN1C(=O)C(C)(C)c2cc(NC(=O)C3CCC(=O)N3)ccc21. The molecule has 6 heteroatoms. The van der Waals surface area contributed by atoms with Gasteiger partial charge < -0.3 is 15.5 Å². The highest BCUT2D eigenvalue weighted by Gasteiger charge is 2.42. The number of hydrogen-bond donors (Lipinski definition) is 2. The average Bonchev–Trinajstić information content (AvgIpc) is 2.97. The molecule has 0 aliphatic carbocycles. The number of carbonyl (C=O) groups excluding carboxylic acids is 3. The molecule has 116 valence electrons. The van der Waals surface area contributed by atoms with Crippen molar-refractivity contribution in [3.63, 3.8) is 0 Å². The van der Waals surface area contributed by atoms with Gasteiger partial charge in [-0.15, -0.1) is 0 Å². The molecule has 1 fully saturated rings. The van der Waals surface area contributed by atoms with Crippen molar-refractivity contribution in [3.05, 3.63) is 23.8 Å². The lowest BCUT2D eigenvalue weighted by Gasteiger charge is -2.17. The van der Waals surface area contributed by atoms with Crippen LogP contribution in [0, 0.1) is 0 Å². The summed E-state index contributed by atoms with van der Waals surface area (Å²) in [5.74, 6) is -0.280. The molecular formula is C16H19N3O3. The highest BCUT2D eigenvalue weighted by Crippen LogP contribution is 2.41. The van der Waals surface area contributed by atoms with Crippen molar-refractivity contribution in [1.82, 2.24) is 5.32 Å². The van der Waals surface area contributed by atoms with Crippen LogP contribution in [-0.4, -0.2) is 30.8 Å². The Morgan fingerprint density at radius 1 is 1.36 bits per heavy atom. The number of likely N-dealkylation sites (N-methyl/N-ethyl adjacent to an activating group) is 1. The average molecular weight is 301 g/mol. The van der Waals surface area contributed by atoms with E-state index in [0.717, 1.165) is 11.3 Å². The number of rotatable bonds is 2. The van der Waals surface area contributed by atoms with Crippen LogP contribution in [0.5, 0.6) is 0 Å². The number of fused-ring (bicyclic) bond motifs is 1. The minimum atomic E-state index is -0.605. The monoisotopic (exact) mass is 301 g/mol. The topological polar surface area (TPSA) is 78.5 Å². The van der Waals surface area contributed by atoms with Gasteiger partial charge in [-0.1, -0.05) is 0 Å². The third-order valence-corrected chi connectivity index (χ3v) is 4.45. The van der Waals surface area contributed by atoms with Crippen LogP contribution < -0.4 is 15.5 Å². The van der Waals surface area contributed by atoms with E-state index in [1.54, 1.807) is 18.0 Å². The van der Waals surface area contributed by atoms with Crippen molar-refractivity contribution in [2.75, 3.05) is 17.3 Å². The summed E-state index contributed by atoms with van der Waals surface area (Å²) < 4.78 is 0. The molecule has 0 saturated carbocycles. The third kappa shape index (κ3) is 2.15. The lowest BCUT2D eigenvalue weighted by Crippen LogP contribution is -2.37. The Morgan fingerprint density at radius 3 is 2.73 bits per heavy atom. The van der Waals surface area contributed by atoms with Crippen LogP contribution in [0.4, 0.5) is 11.4 Å². The van der Waals surface area contributed by atoms with Crippen molar-refractivity contribution in [2.24, 2.45) is 0 Å². The maximum Gasteiger partial charge on any atom is 0.246 e. The summed E-state index contributed by atoms with van der Waals surface area (Å²) in [6.45, 7) is 3.75. The van der Waals surface area contributed by atoms with Crippen LogP contribution in [0.25, 0.3) is 0 Å². The summed E-state index contributed by atoms with van der Waals surface area (Å²) in [7, 11) is 1.75. The molecule has 2 aliphatic rings. The fraction of sp³-hybridized carbons (Fsp3) is 0.438. The van der Waals surface area contributed by atoms with Gasteiger partial charge in [-0.25, -0.2) is 0 Å². The lowest BCUT2D eigenvalue weighted by atomic mass is 9.86. The van der Waals surface area contributed by atoms with Crippen molar-refractivity contribution in [2.45, 2.75) is 38.1 Å². The molecule has 1 aromatic carbocycles. The number of carbonyl (C=O) groups is 3. The zero-order chi connectivity index (χ0) is 16.1. The molecule has 1 atom stereocenters. The molecule has 2 N–H and O–H groups in total. The van der Waals surface area contributed by atoms with Crippen molar-refractivity contribution in [3.8, 4) is 0 Å². The van der Waals surface area contributed by atoms with E-state index in [-0.39, 0.29) is 17.7 Å². The number of nitrogens with zero attached hydrogens (tertiary/aromatic N) is 1. The molecule has 22 heavy (non-hydrogen) atoms. The maximum absolute atomic E-state index is 12.3. The maximum atomic E-state index is 12.3. The molecule has 0 bridgehead atoms. The number of amides is 3. The first-order valence-electron chi connectivity index (χ1n) is 7.33. The Kier molecular flexibility index (Phi) is 3.20. The first-order valence-corrected chi connectivity index (χ1v) is 7.33. The Balaban J connectivity index is 1.83. The van der Waals surface area contributed by atoms with Crippen molar-refractivity contribution in [1.29, 1.82) is 0 Å². The van der Waals surface area contributed by atoms with Gasteiger partial charge >= 0.3 is 0 Å². The summed E-state index contributed by atoms with van der Waals surface area (Å²) in [5, 5.41) is 5.46. The van der Waals surface area contributed by atoms with Crippen LogP contribution in [0.1, 0.15) is 32.3 Å². The quantitative estimate of drug-likeness (QED) is 0.860. The van der Waals surface area contributed by atoms with Crippen LogP contribution in [0.3, 0.4) is 0 Å². The van der Waals surface area contributed by atoms with E-state index < -0.39 is 11.5 Å². The largest absolute Gasteiger partial charge is 0.344 e. The first-order chi connectivity index (χ1) is 10.3. The second-order valence-corrected chi connectivity index (χ2v) is 6.37. The van der Waals surface area contributed by atoms with E-state index >= 15 is 0 Å². The Labute approximate surface area is 128 Å². The van der Waals surface area contributed by atoms with Gasteiger partial charge in [0.2, 0.25) is 17.7 Å². The molecule has 2 aliphatic heterocycles. The van der Waals surface area contributed by atoms with Crippen LogP contribution >= 0.6 is 0 Å². The van der Waals surface area contributed by atoms with Gasteiger partial charge in [0.25, 0.3) is 0 Å². The lowest BCUT2D eigenvalue weighted by molar-refractivity contribution is -0.122. The highest BCUT2D eigenvalue weighted by atomic mass is 16.2. The smallest absolute Gasteiger partial charge is 0.246 e. The molecule has 0 aromatic heterocycles. The summed E-state index contributed by atoms with van der Waals surface area (Å²) in [6.07, 6.45) is 0.900. The molecule has 2 heterocycles. The second kappa shape index (κ2) is 4.83. The fourth-order valence-electron chi connectivity index (χ4n) is 3.09. The molecule has 0 spiro atoms. The molecule has 3 amide bonds. The normalized spacial score (nSPS) is 22.5. The molecule has 3 rings (SSSR count). The Hall–Kier alpha value is -2.37. The van der Waals surface area contributed by atoms with E-state index in [9.17, 15) is 14.4 Å². The van der Waals surface area contributed by atoms with Crippen LogP contribution in [0.15, 0.2) is 18.2 Å². The van der Waals surface area contributed by atoms with Gasteiger partial charge in [0, 0.05) is 24.8 Å². The Bertz CT molecular complexity index is 681. The number of anilines is 2. The fourth-order valence-corrected chi connectivity index (χ4v) is 3.09. The van der Waals surface area contributed by atoms with Gasteiger partial charge in [0.15, 0.2) is 0 Å². The zero-order valence-corrected chi connectivity index (χ0v) is 12.9. The van der Waals surface area contributed by atoms with Gasteiger partial charge in [0.05, 0.1) is 5.41 Å². The zero-order valence-electron chi connectivity index (χ0n) is 12.9. The molecule has 1 saturated heterocycles. The second-order valence-electron chi connectivity index (χ2n) is 6.37. The number of hydrogen-bond acceptors (Lipinski definition) is 3. The summed E-state index contributed by atoms with van der Waals surface area (Å²) in [5.41, 5.74) is 1.79. The third-order valence-electron chi connectivity index (χ3n) is 4.45. The molecular weight excluding hydrogens is 282 g/mol. The number of nitrogens with one attached hydrogen (secondary N) is 2. The summed E-state index contributed by atoms with van der Waals surface area (Å²) in [4.78, 5) is 37.2. The predicted octanol–water partition coefficient (Wildman–Crippen LogP) is 1.16.